The second-order valence-electron chi connectivity index (χ2n) is 6.62. The van der Waals surface area contributed by atoms with Gasteiger partial charge in [0.25, 0.3) is 0 Å². The van der Waals surface area contributed by atoms with E-state index >= 15 is 0 Å². The third-order valence-electron chi connectivity index (χ3n) is 4.94. The van der Waals surface area contributed by atoms with Crippen LogP contribution in [0.1, 0.15) is 24.8 Å². The molecular weight excluding hydrogens is 314 g/mol. The van der Waals surface area contributed by atoms with Gasteiger partial charge in [-0.15, -0.1) is 0 Å². The fraction of sp³-hybridized carbons (Fsp3) is 0.429. The summed E-state index contributed by atoms with van der Waals surface area (Å²) >= 11 is 0. The molecule has 4 heteroatoms. The Hall–Kier alpha value is -2.04. The number of piperidine rings is 1. The van der Waals surface area contributed by atoms with Gasteiger partial charge >= 0.3 is 0 Å². The molecule has 1 fully saturated rings. The van der Waals surface area contributed by atoms with E-state index in [1.54, 1.807) is 7.11 Å². The maximum atomic E-state index is 11.0. The molecule has 134 valence electrons. The maximum absolute atomic E-state index is 11.0. The number of methoxy groups -OCH3 is 1. The molecule has 3 rings (SSSR count). The van der Waals surface area contributed by atoms with Gasteiger partial charge in [0.15, 0.2) is 0 Å². The number of rotatable bonds is 7. The van der Waals surface area contributed by atoms with Crippen LogP contribution in [0.2, 0.25) is 0 Å². The third-order valence-corrected chi connectivity index (χ3v) is 4.94. The minimum Gasteiger partial charge on any atom is -0.497 e. The van der Waals surface area contributed by atoms with Crippen molar-refractivity contribution in [3.63, 3.8) is 0 Å². The highest BCUT2D eigenvalue weighted by Crippen LogP contribution is 2.33. The molecule has 25 heavy (non-hydrogen) atoms. The molecule has 4 nitrogen and oxygen atoms in total. The van der Waals surface area contributed by atoms with Crippen molar-refractivity contribution in [3.8, 4) is 11.5 Å². The Labute approximate surface area is 150 Å². The zero-order valence-electron chi connectivity index (χ0n) is 14.9. The van der Waals surface area contributed by atoms with Crippen LogP contribution in [0.15, 0.2) is 54.6 Å². The lowest BCUT2D eigenvalue weighted by Crippen LogP contribution is -2.43. The van der Waals surface area contributed by atoms with E-state index in [2.05, 4.69) is 4.90 Å². The van der Waals surface area contributed by atoms with E-state index in [0.29, 0.717) is 0 Å². The van der Waals surface area contributed by atoms with Gasteiger partial charge in [-0.25, -0.2) is 0 Å². The molecule has 1 saturated heterocycles. The Kier molecular flexibility index (Phi) is 5.95. The van der Waals surface area contributed by atoms with Crippen LogP contribution in [0, 0.1) is 0 Å². The molecule has 0 atom stereocenters. The summed E-state index contributed by atoms with van der Waals surface area (Å²) in [6.07, 6.45) is 2.52. The molecule has 0 aromatic heterocycles. The normalized spacial score (nSPS) is 17.2. The molecule has 0 radical (unpaired) electrons. The fourth-order valence-electron chi connectivity index (χ4n) is 3.33. The monoisotopic (exact) mass is 341 g/mol. The summed E-state index contributed by atoms with van der Waals surface area (Å²) in [4.78, 5) is 2.41. The van der Waals surface area contributed by atoms with Crippen LogP contribution in [0.5, 0.6) is 11.5 Å². The number of aliphatic hydroxyl groups is 1. The summed E-state index contributed by atoms with van der Waals surface area (Å²) in [6.45, 7) is 3.55. The van der Waals surface area contributed by atoms with E-state index in [4.69, 9.17) is 9.47 Å². The van der Waals surface area contributed by atoms with E-state index < -0.39 is 5.60 Å². The van der Waals surface area contributed by atoms with Gasteiger partial charge in [-0.05, 0) is 49.1 Å². The van der Waals surface area contributed by atoms with Crippen LogP contribution in [0.4, 0.5) is 0 Å². The van der Waals surface area contributed by atoms with Gasteiger partial charge in [-0.2, -0.15) is 0 Å². The summed E-state index contributed by atoms with van der Waals surface area (Å²) in [7, 11) is 1.66. The summed E-state index contributed by atoms with van der Waals surface area (Å²) in [6, 6.07) is 17.7. The molecule has 0 amide bonds. The van der Waals surface area contributed by atoms with E-state index in [1.165, 1.54) is 0 Å². The fourth-order valence-corrected chi connectivity index (χ4v) is 3.33. The van der Waals surface area contributed by atoms with E-state index in [0.717, 1.165) is 62.6 Å². The van der Waals surface area contributed by atoms with Crippen molar-refractivity contribution in [3.05, 3.63) is 60.2 Å². The summed E-state index contributed by atoms with van der Waals surface area (Å²) in [5, 5.41) is 11.0. The smallest absolute Gasteiger partial charge is 0.119 e. The first kappa shape index (κ1) is 17.8. The Morgan fingerprint density at radius 3 is 2.28 bits per heavy atom. The maximum Gasteiger partial charge on any atom is 0.119 e. The molecule has 0 saturated carbocycles. The summed E-state index contributed by atoms with van der Waals surface area (Å²) < 4.78 is 10.9. The first-order valence-electron chi connectivity index (χ1n) is 8.97. The van der Waals surface area contributed by atoms with E-state index in [9.17, 15) is 5.11 Å². The van der Waals surface area contributed by atoms with E-state index in [1.807, 2.05) is 54.6 Å². The predicted molar refractivity (Wildman–Crippen MR) is 99.1 cm³/mol. The van der Waals surface area contributed by atoms with Crippen LogP contribution in [-0.2, 0) is 5.60 Å². The average molecular weight is 341 g/mol. The quantitative estimate of drug-likeness (QED) is 0.783. The molecular formula is C21H27NO3. The van der Waals surface area contributed by atoms with Crippen molar-refractivity contribution in [1.29, 1.82) is 0 Å². The molecule has 2 aromatic rings. The largest absolute Gasteiger partial charge is 0.497 e. The van der Waals surface area contributed by atoms with Crippen LogP contribution in [0.3, 0.4) is 0 Å². The predicted octanol–water partition coefficient (Wildman–Crippen LogP) is 3.45. The van der Waals surface area contributed by atoms with Crippen LogP contribution in [-0.4, -0.2) is 43.4 Å². The standard InChI is InChI=1S/C21H27NO3/c1-24-19-10-8-18(9-11-19)21(23)12-15-22(16-13-21)14-5-17-25-20-6-3-2-4-7-20/h2-4,6-11,23H,5,12-17H2,1H3. The summed E-state index contributed by atoms with van der Waals surface area (Å²) in [5.74, 6) is 1.75. The van der Waals surface area contributed by atoms with Gasteiger partial charge in [-0.1, -0.05) is 30.3 Å². The molecule has 1 heterocycles. The van der Waals surface area contributed by atoms with Gasteiger partial charge in [-0.3, -0.25) is 0 Å². The second-order valence-corrected chi connectivity index (χ2v) is 6.62. The Morgan fingerprint density at radius 2 is 1.64 bits per heavy atom. The minimum atomic E-state index is -0.719. The SMILES string of the molecule is COc1ccc(C2(O)CCN(CCCOc3ccccc3)CC2)cc1. The molecule has 2 aromatic carbocycles. The van der Waals surface area contributed by atoms with Gasteiger partial charge in [0, 0.05) is 19.6 Å². The van der Waals surface area contributed by atoms with Crippen molar-refractivity contribution in [2.75, 3.05) is 33.4 Å². The lowest BCUT2D eigenvalue weighted by molar-refractivity contribution is -0.0265. The van der Waals surface area contributed by atoms with Gasteiger partial charge in [0.2, 0.25) is 0 Å². The number of hydrogen-bond acceptors (Lipinski definition) is 4. The van der Waals surface area contributed by atoms with Crippen LogP contribution in [0.25, 0.3) is 0 Å². The molecule has 0 spiro atoms. The van der Waals surface area contributed by atoms with Gasteiger partial charge in [0.05, 0.1) is 19.3 Å². The molecule has 0 aliphatic carbocycles. The van der Waals surface area contributed by atoms with Crippen molar-refractivity contribution in [2.24, 2.45) is 0 Å². The second kappa shape index (κ2) is 8.37. The summed E-state index contributed by atoms with van der Waals surface area (Å²) in [5.41, 5.74) is 0.268. The number of hydrogen-bond donors (Lipinski definition) is 1. The average Bonchev–Trinajstić information content (AvgIpc) is 2.68. The first-order valence-corrected chi connectivity index (χ1v) is 8.97. The number of benzene rings is 2. The number of nitrogens with zero attached hydrogens (tertiary/aromatic N) is 1. The molecule has 0 unspecified atom stereocenters. The van der Waals surface area contributed by atoms with Crippen molar-refractivity contribution in [1.82, 2.24) is 4.90 Å². The van der Waals surface area contributed by atoms with Crippen LogP contribution < -0.4 is 9.47 Å². The number of likely N-dealkylation sites (tertiary alicyclic amines) is 1. The molecule has 1 aliphatic heterocycles. The Bertz CT molecular complexity index is 634. The van der Waals surface area contributed by atoms with Gasteiger partial charge in [0.1, 0.15) is 11.5 Å². The zero-order valence-corrected chi connectivity index (χ0v) is 14.9. The van der Waals surface area contributed by atoms with Crippen LogP contribution >= 0.6 is 0 Å². The molecule has 1 N–H and O–H groups in total. The minimum absolute atomic E-state index is 0.719. The topological polar surface area (TPSA) is 41.9 Å². The Morgan fingerprint density at radius 1 is 0.960 bits per heavy atom. The lowest BCUT2D eigenvalue weighted by atomic mass is 9.84. The van der Waals surface area contributed by atoms with Crippen molar-refractivity contribution >= 4 is 0 Å². The van der Waals surface area contributed by atoms with Crippen molar-refractivity contribution < 1.29 is 14.6 Å². The zero-order chi connectivity index (χ0) is 17.5. The molecule has 0 bridgehead atoms. The first-order chi connectivity index (χ1) is 12.2. The third kappa shape index (κ3) is 4.74. The highest BCUT2D eigenvalue weighted by Gasteiger charge is 2.33. The lowest BCUT2D eigenvalue weighted by Gasteiger charge is -2.38. The Balaban J connectivity index is 1.41. The highest BCUT2D eigenvalue weighted by molar-refractivity contribution is 5.31. The van der Waals surface area contributed by atoms with Crippen molar-refractivity contribution in [2.45, 2.75) is 24.9 Å². The van der Waals surface area contributed by atoms with E-state index in [-0.39, 0.29) is 0 Å². The highest BCUT2D eigenvalue weighted by atomic mass is 16.5. The van der Waals surface area contributed by atoms with Gasteiger partial charge < -0.3 is 19.5 Å². The molecule has 1 aliphatic rings. The number of para-hydroxylation sites is 1. The number of ether oxygens (including phenoxy) is 2.